The van der Waals surface area contributed by atoms with E-state index in [9.17, 15) is 19.7 Å². The number of ether oxygens (including phenoxy) is 1. The summed E-state index contributed by atoms with van der Waals surface area (Å²) in [7, 11) is 0. The maximum absolute atomic E-state index is 12.3. The van der Waals surface area contributed by atoms with Crippen molar-refractivity contribution in [1.29, 1.82) is 0 Å². The van der Waals surface area contributed by atoms with Crippen LogP contribution in [0, 0.1) is 10.1 Å². The molecule has 0 aromatic heterocycles. The Hall–Kier alpha value is -2.84. The average molecular weight is 396 g/mol. The van der Waals surface area contributed by atoms with Gasteiger partial charge in [-0.3, -0.25) is 14.9 Å². The fourth-order valence-electron chi connectivity index (χ4n) is 2.44. The lowest BCUT2D eigenvalue weighted by atomic mass is 10.2. The number of fused-ring (bicyclic) bond motifs is 1. The van der Waals surface area contributed by atoms with Crippen LogP contribution in [0.3, 0.4) is 0 Å². The normalized spacial score (nSPS) is 13.0. The number of nitro benzene ring substituents is 1. The van der Waals surface area contributed by atoms with E-state index < -0.39 is 16.8 Å². The molecule has 1 amide bonds. The van der Waals surface area contributed by atoms with Gasteiger partial charge in [0.1, 0.15) is 6.54 Å². The average Bonchev–Trinajstić information content (AvgIpc) is 2.57. The number of anilines is 2. The minimum absolute atomic E-state index is 0.0362. The van der Waals surface area contributed by atoms with Crippen molar-refractivity contribution < 1.29 is 19.2 Å². The molecular formula is C16H11Cl2N3O5. The summed E-state index contributed by atoms with van der Waals surface area (Å²) in [6, 6.07) is 8.43. The van der Waals surface area contributed by atoms with Crippen molar-refractivity contribution in [1.82, 2.24) is 0 Å². The van der Waals surface area contributed by atoms with Crippen molar-refractivity contribution in [2.75, 3.05) is 23.3 Å². The van der Waals surface area contributed by atoms with Gasteiger partial charge in [-0.05, 0) is 24.3 Å². The number of benzene rings is 2. The van der Waals surface area contributed by atoms with Crippen molar-refractivity contribution in [2.24, 2.45) is 0 Å². The highest BCUT2D eigenvalue weighted by Crippen LogP contribution is 2.34. The van der Waals surface area contributed by atoms with Gasteiger partial charge in [-0.2, -0.15) is 0 Å². The van der Waals surface area contributed by atoms with E-state index in [2.05, 4.69) is 5.32 Å². The first-order valence-electron chi connectivity index (χ1n) is 7.32. The van der Waals surface area contributed by atoms with Gasteiger partial charge in [0.15, 0.2) is 5.75 Å². The van der Waals surface area contributed by atoms with E-state index >= 15 is 0 Å². The number of hydrogen-bond acceptors (Lipinski definition) is 6. The van der Waals surface area contributed by atoms with Gasteiger partial charge in [-0.15, -0.1) is 0 Å². The van der Waals surface area contributed by atoms with Gasteiger partial charge in [-0.25, -0.2) is 4.79 Å². The molecule has 134 valence electrons. The van der Waals surface area contributed by atoms with Gasteiger partial charge in [-0.1, -0.05) is 23.2 Å². The predicted molar refractivity (Wildman–Crippen MR) is 96.0 cm³/mol. The van der Waals surface area contributed by atoms with E-state index in [1.54, 1.807) is 18.2 Å². The van der Waals surface area contributed by atoms with E-state index in [1.807, 2.05) is 0 Å². The zero-order valence-electron chi connectivity index (χ0n) is 13.1. The third kappa shape index (κ3) is 3.87. The van der Waals surface area contributed by atoms with Crippen LogP contribution in [0.4, 0.5) is 17.1 Å². The molecule has 0 fully saturated rings. The van der Waals surface area contributed by atoms with Crippen LogP contribution < -0.4 is 15.0 Å². The third-order valence-electron chi connectivity index (χ3n) is 3.58. The molecule has 2 aromatic carbocycles. The van der Waals surface area contributed by atoms with Crippen LogP contribution in [0.15, 0.2) is 36.4 Å². The number of nitrogens with zero attached hydrogens (tertiary/aromatic N) is 2. The van der Waals surface area contributed by atoms with Crippen LogP contribution >= 0.6 is 23.2 Å². The fraction of sp³-hybridized carbons (Fsp3) is 0.125. The number of halogens is 2. The Bertz CT molecular complexity index is 919. The first-order valence-corrected chi connectivity index (χ1v) is 8.08. The first-order chi connectivity index (χ1) is 12.3. The predicted octanol–water partition coefficient (Wildman–Crippen LogP) is 3.27. The molecule has 0 saturated carbocycles. The fourth-order valence-corrected chi connectivity index (χ4v) is 2.83. The molecule has 0 saturated heterocycles. The number of nitrogens with one attached hydrogen (secondary N) is 1. The summed E-state index contributed by atoms with van der Waals surface area (Å²) >= 11 is 11.9. The summed E-state index contributed by atoms with van der Waals surface area (Å²) in [5.41, 5.74) is 0.561. The van der Waals surface area contributed by atoms with Crippen molar-refractivity contribution in [3.8, 4) is 5.75 Å². The Morgan fingerprint density at radius 1 is 1.27 bits per heavy atom. The van der Waals surface area contributed by atoms with E-state index in [4.69, 9.17) is 27.9 Å². The number of rotatable bonds is 4. The summed E-state index contributed by atoms with van der Waals surface area (Å²) in [5.74, 6) is -0.644. The molecule has 1 N–H and O–H groups in total. The number of non-ortho nitro benzene ring substituents is 1. The molecule has 3 rings (SSSR count). The Morgan fingerprint density at radius 3 is 2.73 bits per heavy atom. The second kappa shape index (κ2) is 7.19. The molecule has 1 heterocycles. The van der Waals surface area contributed by atoms with Gasteiger partial charge in [0.25, 0.3) is 5.69 Å². The Morgan fingerprint density at radius 2 is 2.04 bits per heavy atom. The summed E-state index contributed by atoms with van der Waals surface area (Å²) in [6.45, 7) is -0.273. The molecule has 0 unspecified atom stereocenters. The number of amides is 1. The molecule has 0 aliphatic carbocycles. The molecule has 0 bridgehead atoms. The van der Waals surface area contributed by atoms with Gasteiger partial charge in [0.05, 0.1) is 27.9 Å². The minimum Gasteiger partial charge on any atom is -0.423 e. The smallest absolute Gasteiger partial charge is 0.331 e. The van der Waals surface area contributed by atoms with Crippen LogP contribution in [0.1, 0.15) is 0 Å². The second-order valence-electron chi connectivity index (χ2n) is 5.41. The Kier molecular flexibility index (Phi) is 4.97. The van der Waals surface area contributed by atoms with Gasteiger partial charge >= 0.3 is 5.97 Å². The highest BCUT2D eigenvalue weighted by molar-refractivity contribution is 6.34. The lowest BCUT2D eigenvalue weighted by Gasteiger charge is -2.29. The highest BCUT2D eigenvalue weighted by Gasteiger charge is 2.26. The minimum atomic E-state index is -0.586. The monoisotopic (exact) mass is 395 g/mol. The zero-order chi connectivity index (χ0) is 18.8. The number of esters is 1. The maximum atomic E-state index is 12.3. The second-order valence-corrected chi connectivity index (χ2v) is 6.26. The maximum Gasteiger partial charge on any atom is 0.331 e. The SMILES string of the molecule is O=C(CN1CC(=O)Oc2ccc(Cl)cc21)Nc1ccc([N+](=O)[O-])cc1Cl. The number of carbonyl (C=O) groups excluding carboxylic acids is 2. The van der Waals surface area contributed by atoms with Crippen LogP contribution in [0.2, 0.25) is 10.0 Å². The largest absolute Gasteiger partial charge is 0.423 e. The summed E-state index contributed by atoms with van der Waals surface area (Å²) in [6.07, 6.45) is 0. The van der Waals surface area contributed by atoms with Gasteiger partial charge in [0, 0.05) is 17.2 Å². The highest BCUT2D eigenvalue weighted by atomic mass is 35.5. The standard InChI is InChI=1S/C16H11Cl2N3O5/c17-9-1-4-14-13(5-9)20(8-16(23)26-14)7-15(22)19-12-3-2-10(21(24)25)6-11(12)18/h1-6H,7-8H2,(H,19,22). The van der Waals surface area contributed by atoms with Crippen molar-refractivity contribution in [2.45, 2.75) is 0 Å². The van der Waals surface area contributed by atoms with Crippen LogP contribution in [0.25, 0.3) is 0 Å². The van der Waals surface area contributed by atoms with Gasteiger partial charge < -0.3 is 15.0 Å². The topological polar surface area (TPSA) is 102 Å². The molecule has 26 heavy (non-hydrogen) atoms. The molecule has 0 atom stereocenters. The van der Waals surface area contributed by atoms with E-state index in [-0.39, 0.29) is 29.5 Å². The van der Waals surface area contributed by atoms with Crippen molar-refractivity contribution >= 4 is 52.1 Å². The molecule has 0 spiro atoms. The van der Waals surface area contributed by atoms with E-state index in [0.717, 1.165) is 6.07 Å². The molecule has 1 aliphatic rings. The molecule has 10 heteroatoms. The number of carbonyl (C=O) groups is 2. The Balaban J connectivity index is 1.76. The molecule has 8 nitrogen and oxygen atoms in total. The molecule has 2 aromatic rings. The van der Waals surface area contributed by atoms with Crippen molar-refractivity contribution in [3.63, 3.8) is 0 Å². The quantitative estimate of drug-likeness (QED) is 0.368. The van der Waals surface area contributed by atoms with E-state index in [0.29, 0.717) is 16.5 Å². The van der Waals surface area contributed by atoms with Crippen LogP contribution in [-0.2, 0) is 9.59 Å². The summed E-state index contributed by atoms with van der Waals surface area (Å²) < 4.78 is 5.12. The number of hydrogen-bond donors (Lipinski definition) is 1. The zero-order valence-corrected chi connectivity index (χ0v) is 14.6. The third-order valence-corrected chi connectivity index (χ3v) is 4.13. The number of nitro groups is 1. The van der Waals surface area contributed by atoms with E-state index in [1.165, 1.54) is 17.0 Å². The lowest BCUT2D eigenvalue weighted by molar-refractivity contribution is -0.384. The van der Waals surface area contributed by atoms with Crippen LogP contribution in [0.5, 0.6) is 5.75 Å². The molecular weight excluding hydrogens is 385 g/mol. The van der Waals surface area contributed by atoms with Crippen LogP contribution in [-0.4, -0.2) is 29.9 Å². The lowest BCUT2D eigenvalue weighted by Crippen LogP contribution is -2.41. The molecule has 1 aliphatic heterocycles. The Labute approximate surface area is 157 Å². The summed E-state index contributed by atoms with van der Waals surface area (Å²) in [5, 5.41) is 13.8. The molecule has 0 radical (unpaired) electrons. The summed E-state index contributed by atoms with van der Waals surface area (Å²) in [4.78, 5) is 35.7. The first kappa shape index (κ1) is 18.0. The van der Waals surface area contributed by atoms with Crippen molar-refractivity contribution in [3.05, 3.63) is 56.6 Å². The van der Waals surface area contributed by atoms with Gasteiger partial charge in [0.2, 0.25) is 5.91 Å².